The molecule has 0 radical (unpaired) electrons. The molecule has 0 spiro atoms. The lowest BCUT2D eigenvalue weighted by Gasteiger charge is -2.35. The van der Waals surface area contributed by atoms with Gasteiger partial charge in [0, 0.05) is 49.4 Å². The van der Waals surface area contributed by atoms with Crippen LogP contribution >= 0.6 is 11.3 Å². The summed E-state index contributed by atoms with van der Waals surface area (Å²) in [7, 11) is 0. The average molecular weight is 462 g/mol. The summed E-state index contributed by atoms with van der Waals surface area (Å²) in [5, 5.41) is 16.6. The summed E-state index contributed by atoms with van der Waals surface area (Å²) in [5.41, 5.74) is 4.07. The second-order valence-corrected chi connectivity index (χ2v) is 9.20. The van der Waals surface area contributed by atoms with Gasteiger partial charge in [-0.05, 0) is 43.7 Å². The number of hydrogen-bond donors (Lipinski definition) is 0. The number of rotatable bonds is 4. The number of thiophene rings is 1. The Morgan fingerprint density at radius 1 is 1.03 bits per heavy atom. The fourth-order valence-electron chi connectivity index (χ4n) is 4.23. The van der Waals surface area contributed by atoms with Crippen LogP contribution in [0.4, 0.5) is 11.4 Å². The smallest absolute Gasteiger partial charge is 0.269 e. The van der Waals surface area contributed by atoms with E-state index in [0.717, 1.165) is 37.7 Å². The third-order valence-electron chi connectivity index (χ3n) is 6.09. The van der Waals surface area contributed by atoms with Crippen LogP contribution in [0.15, 0.2) is 54.6 Å². The standard InChI is InChI=1S/C24H23N5O3S/c1-16-5-3-4-6-21(16)28-24-20(17(2)25-28)15-22(33-24)23(30)27-13-11-26(12-14-27)18-7-9-19(10-8-18)29(31)32/h3-10,15H,11-14H2,1-2H3. The molecule has 0 aliphatic carbocycles. The monoisotopic (exact) mass is 461 g/mol. The topological polar surface area (TPSA) is 84.5 Å². The molecule has 0 N–H and O–H groups in total. The minimum absolute atomic E-state index is 0.0373. The number of para-hydroxylation sites is 1. The van der Waals surface area contributed by atoms with Crippen molar-refractivity contribution in [3.05, 3.63) is 80.8 Å². The van der Waals surface area contributed by atoms with Gasteiger partial charge in [0.15, 0.2) is 0 Å². The molecule has 5 rings (SSSR count). The third-order valence-corrected chi connectivity index (χ3v) is 7.19. The van der Waals surface area contributed by atoms with Gasteiger partial charge in [0.1, 0.15) is 4.83 Å². The zero-order valence-electron chi connectivity index (χ0n) is 18.4. The molecular weight excluding hydrogens is 438 g/mol. The Labute approximate surface area is 194 Å². The van der Waals surface area contributed by atoms with Crippen molar-refractivity contribution >= 4 is 38.8 Å². The van der Waals surface area contributed by atoms with Crippen LogP contribution in [0.1, 0.15) is 20.9 Å². The summed E-state index contributed by atoms with van der Waals surface area (Å²) in [6.45, 7) is 6.61. The van der Waals surface area contributed by atoms with Crippen molar-refractivity contribution < 1.29 is 9.72 Å². The highest BCUT2D eigenvalue weighted by atomic mass is 32.1. The summed E-state index contributed by atoms with van der Waals surface area (Å²) in [4.78, 5) is 29.5. The van der Waals surface area contributed by atoms with E-state index in [4.69, 9.17) is 5.10 Å². The number of nitro benzene ring substituents is 1. The Balaban J connectivity index is 1.33. The van der Waals surface area contributed by atoms with Gasteiger partial charge < -0.3 is 9.80 Å². The molecule has 0 bridgehead atoms. The zero-order valence-corrected chi connectivity index (χ0v) is 19.2. The van der Waals surface area contributed by atoms with Gasteiger partial charge in [-0.2, -0.15) is 5.10 Å². The van der Waals surface area contributed by atoms with Gasteiger partial charge in [-0.1, -0.05) is 18.2 Å². The highest BCUT2D eigenvalue weighted by Gasteiger charge is 2.25. The van der Waals surface area contributed by atoms with Crippen molar-refractivity contribution in [2.45, 2.75) is 13.8 Å². The molecule has 2 aromatic carbocycles. The summed E-state index contributed by atoms with van der Waals surface area (Å²) < 4.78 is 1.94. The largest absolute Gasteiger partial charge is 0.368 e. The normalized spacial score (nSPS) is 14.1. The second kappa shape index (κ2) is 8.32. The lowest BCUT2D eigenvalue weighted by atomic mass is 10.2. The van der Waals surface area contributed by atoms with Gasteiger partial charge in [0.05, 0.1) is 21.2 Å². The van der Waals surface area contributed by atoms with Crippen molar-refractivity contribution in [2.75, 3.05) is 31.1 Å². The molecule has 4 aromatic rings. The summed E-state index contributed by atoms with van der Waals surface area (Å²) in [5.74, 6) is 0.0373. The van der Waals surface area contributed by atoms with Gasteiger partial charge in [-0.25, -0.2) is 4.68 Å². The van der Waals surface area contributed by atoms with Crippen molar-refractivity contribution in [1.82, 2.24) is 14.7 Å². The van der Waals surface area contributed by atoms with Crippen LogP contribution in [0, 0.1) is 24.0 Å². The van der Waals surface area contributed by atoms with E-state index in [1.807, 2.05) is 40.8 Å². The fourth-order valence-corrected chi connectivity index (χ4v) is 5.37. The van der Waals surface area contributed by atoms with Gasteiger partial charge in [0.2, 0.25) is 0 Å². The van der Waals surface area contributed by atoms with E-state index in [9.17, 15) is 14.9 Å². The molecule has 8 nitrogen and oxygen atoms in total. The maximum Gasteiger partial charge on any atom is 0.269 e. The quantitative estimate of drug-likeness (QED) is 0.328. The number of carbonyl (C=O) groups is 1. The summed E-state index contributed by atoms with van der Waals surface area (Å²) in [6, 6.07) is 16.6. The number of non-ortho nitro benzene ring substituents is 1. The van der Waals surface area contributed by atoms with E-state index in [1.54, 1.807) is 12.1 Å². The fraction of sp³-hybridized carbons (Fsp3) is 0.250. The van der Waals surface area contributed by atoms with Crippen LogP contribution in [0.2, 0.25) is 0 Å². The van der Waals surface area contributed by atoms with Crippen LogP contribution < -0.4 is 4.90 Å². The zero-order chi connectivity index (χ0) is 23.1. The molecule has 1 aliphatic rings. The highest BCUT2D eigenvalue weighted by Crippen LogP contribution is 2.32. The molecule has 3 heterocycles. The van der Waals surface area contributed by atoms with Crippen LogP contribution in [0.3, 0.4) is 0 Å². The molecular formula is C24H23N5O3S. The minimum atomic E-state index is -0.397. The van der Waals surface area contributed by atoms with Crippen molar-refractivity contribution in [3.8, 4) is 5.69 Å². The molecule has 1 aliphatic heterocycles. The third kappa shape index (κ3) is 3.84. The molecule has 0 atom stereocenters. The Morgan fingerprint density at radius 2 is 1.73 bits per heavy atom. The molecule has 2 aromatic heterocycles. The SMILES string of the molecule is Cc1ccccc1-n1nc(C)c2cc(C(=O)N3CCN(c4ccc([N+](=O)[O-])cc4)CC3)sc21. The van der Waals surface area contributed by atoms with E-state index in [-0.39, 0.29) is 11.6 Å². The molecule has 168 valence electrons. The molecule has 0 saturated carbocycles. The Kier molecular flexibility index (Phi) is 5.33. The van der Waals surface area contributed by atoms with E-state index >= 15 is 0 Å². The van der Waals surface area contributed by atoms with E-state index in [2.05, 4.69) is 17.9 Å². The lowest BCUT2D eigenvalue weighted by Crippen LogP contribution is -2.48. The number of fused-ring (bicyclic) bond motifs is 1. The number of amides is 1. The lowest BCUT2D eigenvalue weighted by molar-refractivity contribution is -0.384. The first-order valence-electron chi connectivity index (χ1n) is 10.8. The Morgan fingerprint density at radius 3 is 2.39 bits per heavy atom. The van der Waals surface area contributed by atoms with Gasteiger partial charge in [0.25, 0.3) is 11.6 Å². The molecule has 0 unspecified atom stereocenters. The van der Waals surface area contributed by atoms with Crippen LogP contribution in [-0.4, -0.2) is 51.7 Å². The highest BCUT2D eigenvalue weighted by molar-refractivity contribution is 7.20. The Hall–Kier alpha value is -3.72. The number of anilines is 1. The van der Waals surface area contributed by atoms with Crippen LogP contribution in [0.5, 0.6) is 0 Å². The van der Waals surface area contributed by atoms with Crippen LogP contribution in [0.25, 0.3) is 15.9 Å². The molecule has 1 fully saturated rings. The molecule has 1 saturated heterocycles. The van der Waals surface area contributed by atoms with E-state index < -0.39 is 4.92 Å². The average Bonchev–Trinajstić information content (AvgIpc) is 3.40. The second-order valence-electron chi connectivity index (χ2n) is 8.17. The van der Waals surface area contributed by atoms with E-state index in [0.29, 0.717) is 26.2 Å². The number of benzene rings is 2. The number of nitro groups is 1. The molecule has 9 heteroatoms. The maximum absolute atomic E-state index is 13.3. The van der Waals surface area contributed by atoms with E-state index in [1.165, 1.54) is 23.5 Å². The van der Waals surface area contributed by atoms with Crippen molar-refractivity contribution in [2.24, 2.45) is 0 Å². The number of carbonyl (C=O) groups excluding carboxylic acids is 1. The number of aryl methyl sites for hydroxylation is 2. The van der Waals surface area contributed by atoms with Gasteiger partial charge >= 0.3 is 0 Å². The predicted molar refractivity (Wildman–Crippen MR) is 130 cm³/mol. The summed E-state index contributed by atoms with van der Waals surface area (Å²) in [6.07, 6.45) is 0. The first kappa shape index (κ1) is 21.1. The van der Waals surface area contributed by atoms with Gasteiger partial charge in [-0.3, -0.25) is 14.9 Å². The summed E-state index contributed by atoms with van der Waals surface area (Å²) >= 11 is 1.48. The van der Waals surface area contributed by atoms with Crippen molar-refractivity contribution in [1.29, 1.82) is 0 Å². The minimum Gasteiger partial charge on any atom is -0.368 e. The number of aromatic nitrogens is 2. The number of nitrogens with zero attached hydrogens (tertiary/aromatic N) is 5. The first-order valence-corrected chi connectivity index (χ1v) is 11.6. The Bertz CT molecular complexity index is 1350. The predicted octanol–water partition coefficient (Wildman–Crippen LogP) is 4.57. The van der Waals surface area contributed by atoms with Crippen LogP contribution in [-0.2, 0) is 0 Å². The van der Waals surface area contributed by atoms with Crippen molar-refractivity contribution in [3.63, 3.8) is 0 Å². The first-order chi connectivity index (χ1) is 15.9. The molecule has 1 amide bonds. The number of hydrogen-bond acceptors (Lipinski definition) is 6. The number of piperazine rings is 1. The van der Waals surface area contributed by atoms with Gasteiger partial charge in [-0.15, -0.1) is 11.3 Å². The molecule has 33 heavy (non-hydrogen) atoms. The maximum atomic E-state index is 13.3.